The molecule has 3 heterocycles. The molecule has 31 heavy (non-hydrogen) atoms. The van der Waals surface area contributed by atoms with E-state index in [2.05, 4.69) is 15.0 Å². The molecule has 1 N–H and O–H groups in total. The van der Waals surface area contributed by atoms with Crippen molar-refractivity contribution in [1.29, 1.82) is 0 Å². The molecule has 1 aliphatic rings. The molecule has 1 aromatic carbocycles. The standard InChI is InChI=1S/C22H20F2N4O3/c23-17-11-15(22-26-7-3-19(27-22)31-16-2-1-6-25-13-16)12-18(24)21(17)28-8-4-14(5-9-28)10-20(29)30/h1-3,6-7,11-14H,4-5,8-10H2,(H,29,30). The zero-order valence-electron chi connectivity index (χ0n) is 16.5. The zero-order chi connectivity index (χ0) is 21.8. The van der Waals surface area contributed by atoms with Gasteiger partial charge < -0.3 is 14.7 Å². The number of pyridine rings is 1. The second-order valence-corrected chi connectivity index (χ2v) is 7.33. The summed E-state index contributed by atoms with van der Waals surface area (Å²) in [6.45, 7) is 0.798. The van der Waals surface area contributed by atoms with Gasteiger partial charge in [0.1, 0.15) is 23.1 Å². The molecule has 0 amide bonds. The van der Waals surface area contributed by atoms with Crippen LogP contribution in [0.2, 0.25) is 0 Å². The number of halogens is 2. The monoisotopic (exact) mass is 426 g/mol. The van der Waals surface area contributed by atoms with Crippen LogP contribution in [0.1, 0.15) is 19.3 Å². The molecule has 4 rings (SSSR count). The predicted molar refractivity (Wildman–Crippen MR) is 109 cm³/mol. The van der Waals surface area contributed by atoms with E-state index in [4.69, 9.17) is 9.84 Å². The van der Waals surface area contributed by atoms with Crippen molar-refractivity contribution in [2.24, 2.45) is 5.92 Å². The van der Waals surface area contributed by atoms with Crippen molar-refractivity contribution in [3.8, 4) is 23.0 Å². The summed E-state index contributed by atoms with van der Waals surface area (Å²) in [6, 6.07) is 7.36. The zero-order valence-corrected chi connectivity index (χ0v) is 16.5. The van der Waals surface area contributed by atoms with Gasteiger partial charge in [0, 0.05) is 43.5 Å². The van der Waals surface area contributed by atoms with Crippen LogP contribution < -0.4 is 9.64 Å². The van der Waals surface area contributed by atoms with Gasteiger partial charge in [-0.2, -0.15) is 4.98 Å². The van der Waals surface area contributed by atoms with Crippen LogP contribution in [0.4, 0.5) is 14.5 Å². The van der Waals surface area contributed by atoms with Crippen LogP contribution in [-0.2, 0) is 4.79 Å². The minimum Gasteiger partial charge on any atom is -0.481 e. The van der Waals surface area contributed by atoms with Crippen LogP contribution in [0.25, 0.3) is 11.4 Å². The van der Waals surface area contributed by atoms with Crippen molar-refractivity contribution < 1.29 is 23.4 Å². The number of nitrogens with zero attached hydrogens (tertiary/aromatic N) is 4. The van der Waals surface area contributed by atoms with E-state index in [0.717, 1.165) is 0 Å². The van der Waals surface area contributed by atoms with Crippen molar-refractivity contribution in [3.63, 3.8) is 0 Å². The average molecular weight is 426 g/mol. The second kappa shape index (κ2) is 9.03. The van der Waals surface area contributed by atoms with Crippen molar-refractivity contribution >= 4 is 11.7 Å². The molecule has 3 aromatic rings. The third kappa shape index (κ3) is 4.93. The maximum atomic E-state index is 14.9. The van der Waals surface area contributed by atoms with Crippen LogP contribution >= 0.6 is 0 Å². The lowest BCUT2D eigenvalue weighted by molar-refractivity contribution is -0.138. The Labute approximate surface area is 177 Å². The molecule has 0 saturated carbocycles. The van der Waals surface area contributed by atoms with Crippen LogP contribution in [0, 0.1) is 17.6 Å². The van der Waals surface area contributed by atoms with Gasteiger partial charge in [-0.05, 0) is 43.0 Å². The Bertz CT molecular complexity index is 1050. The highest BCUT2D eigenvalue weighted by Gasteiger charge is 2.26. The Kier molecular flexibility index (Phi) is 6.01. The number of carboxylic acids is 1. The topological polar surface area (TPSA) is 88.4 Å². The molecule has 1 saturated heterocycles. The summed E-state index contributed by atoms with van der Waals surface area (Å²) in [7, 11) is 0. The summed E-state index contributed by atoms with van der Waals surface area (Å²) in [6.07, 6.45) is 5.81. The first-order valence-electron chi connectivity index (χ1n) is 9.86. The molecular weight excluding hydrogens is 406 g/mol. The fraction of sp³-hybridized carbons (Fsp3) is 0.273. The lowest BCUT2D eigenvalue weighted by atomic mass is 9.93. The molecule has 0 spiro atoms. The molecule has 0 radical (unpaired) electrons. The molecular formula is C22H20F2N4O3. The number of rotatable bonds is 6. The van der Waals surface area contributed by atoms with Crippen LogP contribution in [0.3, 0.4) is 0 Å². The third-order valence-corrected chi connectivity index (χ3v) is 5.16. The number of piperidine rings is 1. The van der Waals surface area contributed by atoms with Gasteiger partial charge in [0.05, 0.1) is 6.20 Å². The molecule has 0 bridgehead atoms. The van der Waals surface area contributed by atoms with Gasteiger partial charge in [-0.1, -0.05) is 0 Å². The first-order valence-corrected chi connectivity index (χ1v) is 9.86. The lowest BCUT2D eigenvalue weighted by Gasteiger charge is -2.33. The first-order chi connectivity index (χ1) is 15.0. The van der Waals surface area contributed by atoms with Gasteiger partial charge in [-0.25, -0.2) is 13.8 Å². The summed E-state index contributed by atoms with van der Waals surface area (Å²) in [5.41, 5.74) is 0.0800. The maximum Gasteiger partial charge on any atom is 0.303 e. The normalized spacial score (nSPS) is 14.5. The highest BCUT2D eigenvalue weighted by molar-refractivity contribution is 5.67. The minimum atomic E-state index is -0.852. The van der Waals surface area contributed by atoms with Crippen molar-refractivity contribution in [2.75, 3.05) is 18.0 Å². The van der Waals surface area contributed by atoms with E-state index in [1.165, 1.54) is 24.5 Å². The molecule has 0 atom stereocenters. The van der Waals surface area contributed by atoms with Crippen molar-refractivity contribution in [1.82, 2.24) is 15.0 Å². The Hall–Kier alpha value is -3.62. The van der Waals surface area contributed by atoms with Gasteiger partial charge in [0.2, 0.25) is 5.88 Å². The van der Waals surface area contributed by atoms with Crippen molar-refractivity contribution in [2.45, 2.75) is 19.3 Å². The van der Waals surface area contributed by atoms with Crippen LogP contribution in [0.5, 0.6) is 11.6 Å². The number of hydrogen-bond acceptors (Lipinski definition) is 6. The average Bonchev–Trinajstić information content (AvgIpc) is 2.75. The van der Waals surface area contributed by atoms with E-state index >= 15 is 0 Å². The molecule has 1 fully saturated rings. The Morgan fingerprint density at radius 2 is 1.90 bits per heavy atom. The molecule has 0 unspecified atom stereocenters. The Morgan fingerprint density at radius 3 is 2.55 bits per heavy atom. The number of hydrogen-bond donors (Lipinski definition) is 1. The summed E-state index contributed by atoms with van der Waals surface area (Å²) in [4.78, 5) is 24.8. The molecule has 1 aliphatic heterocycles. The summed E-state index contributed by atoms with van der Waals surface area (Å²) in [5.74, 6) is -1.42. The fourth-order valence-corrected chi connectivity index (χ4v) is 3.67. The van der Waals surface area contributed by atoms with Crippen molar-refractivity contribution in [3.05, 3.63) is 60.6 Å². The van der Waals surface area contributed by atoms with E-state index in [9.17, 15) is 13.6 Å². The van der Waals surface area contributed by atoms with Crippen LogP contribution in [0.15, 0.2) is 48.9 Å². The van der Waals surface area contributed by atoms with E-state index in [1.54, 1.807) is 29.3 Å². The summed E-state index contributed by atoms with van der Waals surface area (Å²) in [5, 5.41) is 8.92. The number of aliphatic carboxylic acids is 1. The molecule has 7 nitrogen and oxygen atoms in total. The van der Waals surface area contributed by atoms with Crippen LogP contribution in [-0.4, -0.2) is 39.1 Å². The summed E-state index contributed by atoms with van der Waals surface area (Å²) < 4.78 is 35.3. The Balaban J connectivity index is 1.53. The van der Waals surface area contributed by atoms with Gasteiger partial charge in [0.25, 0.3) is 0 Å². The Morgan fingerprint density at radius 1 is 1.16 bits per heavy atom. The largest absolute Gasteiger partial charge is 0.481 e. The first kappa shape index (κ1) is 20.6. The number of anilines is 1. The van der Waals surface area contributed by atoms with Gasteiger partial charge in [-0.3, -0.25) is 9.78 Å². The number of benzene rings is 1. The number of carboxylic acid groups (broad SMARTS) is 1. The SMILES string of the molecule is O=C(O)CC1CCN(c2c(F)cc(-c3nccc(Oc4cccnc4)n3)cc2F)CC1. The fourth-order valence-electron chi connectivity index (χ4n) is 3.67. The summed E-state index contributed by atoms with van der Waals surface area (Å²) >= 11 is 0. The van der Waals surface area contributed by atoms with E-state index < -0.39 is 17.6 Å². The maximum absolute atomic E-state index is 14.9. The van der Waals surface area contributed by atoms with Gasteiger partial charge in [0.15, 0.2) is 5.82 Å². The number of aromatic nitrogens is 3. The minimum absolute atomic E-state index is 0.0232. The quantitative estimate of drug-likeness (QED) is 0.629. The lowest BCUT2D eigenvalue weighted by Crippen LogP contribution is -2.35. The highest BCUT2D eigenvalue weighted by atomic mass is 19.1. The number of carbonyl (C=O) groups is 1. The van der Waals surface area contributed by atoms with Gasteiger partial charge in [-0.15, -0.1) is 0 Å². The van der Waals surface area contributed by atoms with E-state index in [1.807, 2.05) is 0 Å². The highest BCUT2D eigenvalue weighted by Crippen LogP contribution is 2.32. The predicted octanol–water partition coefficient (Wildman–Crippen LogP) is 4.30. The second-order valence-electron chi connectivity index (χ2n) is 7.33. The molecule has 9 heteroatoms. The number of ether oxygens (including phenoxy) is 1. The molecule has 0 aliphatic carbocycles. The van der Waals surface area contributed by atoms with Gasteiger partial charge >= 0.3 is 5.97 Å². The smallest absolute Gasteiger partial charge is 0.303 e. The molecule has 2 aromatic heterocycles. The molecule has 160 valence electrons. The van der Waals surface area contributed by atoms with E-state index in [-0.39, 0.29) is 35.3 Å². The van der Waals surface area contributed by atoms with E-state index in [0.29, 0.717) is 31.7 Å². The third-order valence-electron chi connectivity index (χ3n) is 5.16.